The molecule has 126 valence electrons. The summed E-state index contributed by atoms with van der Waals surface area (Å²) in [4.78, 5) is 23.0. The largest absolute Gasteiger partial charge is 0.494 e. The molecule has 0 aliphatic rings. The van der Waals surface area contributed by atoms with Gasteiger partial charge in [0.2, 0.25) is 5.91 Å². The molecule has 0 heterocycles. The van der Waals surface area contributed by atoms with E-state index in [2.05, 4.69) is 5.32 Å². The fourth-order valence-electron chi connectivity index (χ4n) is 2.10. The van der Waals surface area contributed by atoms with Crippen molar-refractivity contribution in [1.82, 2.24) is 5.32 Å². The number of hydrogen-bond donors (Lipinski definition) is 1. The Morgan fingerprint density at radius 3 is 2.33 bits per heavy atom. The molecular weight excluding hydrogens is 326 g/mol. The quantitative estimate of drug-likeness (QED) is 0.580. The Bertz CT molecular complexity index is 681. The van der Waals surface area contributed by atoms with E-state index < -0.39 is 0 Å². The topological polar surface area (TPSA) is 55.4 Å². The Morgan fingerprint density at radius 1 is 1.04 bits per heavy atom. The van der Waals surface area contributed by atoms with Crippen LogP contribution in [-0.4, -0.2) is 18.3 Å². The number of rotatable bonds is 8. The smallest absolute Gasteiger partial charge is 0.220 e. The third-order valence-electron chi connectivity index (χ3n) is 3.48. The van der Waals surface area contributed by atoms with Crippen molar-refractivity contribution >= 4 is 23.3 Å². The summed E-state index contributed by atoms with van der Waals surface area (Å²) in [7, 11) is 0. The van der Waals surface area contributed by atoms with Crippen LogP contribution in [0.2, 0.25) is 5.02 Å². The Labute approximate surface area is 146 Å². The molecule has 0 radical (unpaired) electrons. The molecule has 0 bridgehead atoms. The number of ether oxygens (including phenoxy) is 1. The van der Waals surface area contributed by atoms with E-state index in [4.69, 9.17) is 16.3 Å². The molecule has 1 N–H and O–H groups in total. The molecule has 5 heteroatoms. The molecule has 0 aliphatic carbocycles. The van der Waals surface area contributed by atoms with Crippen LogP contribution < -0.4 is 10.1 Å². The molecule has 2 rings (SSSR count). The van der Waals surface area contributed by atoms with Gasteiger partial charge in [0.25, 0.3) is 0 Å². The van der Waals surface area contributed by atoms with Crippen LogP contribution in [-0.2, 0) is 11.3 Å². The first-order chi connectivity index (χ1) is 11.5. The molecule has 2 aromatic rings. The maximum Gasteiger partial charge on any atom is 0.220 e. The van der Waals surface area contributed by atoms with Crippen LogP contribution in [0.15, 0.2) is 48.5 Å². The number of carbonyl (C=O) groups excluding carboxylic acids is 2. The van der Waals surface area contributed by atoms with Gasteiger partial charge in [0.15, 0.2) is 5.78 Å². The van der Waals surface area contributed by atoms with Crippen molar-refractivity contribution in [2.45, 2.75) is 26.3 Å². The molecule has 2 aromatic carbocycles. The first-order valence-corrected chi connectivity index (χ1v) is 8.17. The molecule has 0 saturated carbocycles. The summed E-state index contributed by atoms with van der Waals surface area (Å²) in [5.74, 6) is 0.709. The highest BCUT2D eigenvalue weighted by Gasteiger charge is 2.03. The highest BCUT2D eigenvalue weighted by molar-refractivity contribution is 6.30. The zero-order valence-corrected chi connectivity index (χ0v) is 14.3. The van der Waals surface area contributed by atoms with Crippen molar-refractivity contribution < 1.29 is 14.3 Å². The fraction of sp³-hybridized carbons (Fsp3) is 0.263. The molecule has 24 heavy (non-hydrogen) atoms. The van der Waals surface area contributed by atoms with Crippen LogP contribution in [0.3, 0.4) is 0 Å². The van der Waals surface area contributed by atoms with E-state index in [-0.39, 0.29) is 11.7 Å². The minimum Gasteiger partial charge on any atom is -0.494 e. The zero-order valence-electron chi connectivity index (χ0n) is 13.5. The second kappa shape index (κ2) is 9.08. The van der Waals surface area contributed by atoms with Gasteiger partial charge in [-0.1, -0.05) is 23.7 Å². The maximum atomic E-state index is 11.8. The van der Waals surface area contributed by atoms with E-state index in [0.717, 1.165) is 5.56 Å². The highest BCUT2D eigenvalue weighted by atomic mass is 35.5. The second-order valence-corrected chi connectivity index (χ2v) is 5.87. The van der Waals surface area contributed by atoms with Gasteiger partial charge in [-0.25, -0.2) is 0 Å². The van der Waals surface area contributed by atoms with Crippen molar-refractivity contribution in [2.75, 3.05) is 6.61 Å². The third kappa shape index (κ3) is 6.05. The summed E-state index contributed by atoms with van der Waals surface area (Å²) in [6.07, 6.45) is 1.03. The average molecular weight is 346 g/mol. The second-order valence-electron chi connectivity index (χ2n) is 5.44. The van der Waals surface area contributed by atoms with Gasteiger partial charge in [0, 0.05) is 23.6 Å². The summed E-state index contributed by atoms with van der Waals surface area (Å²) in [5, 5.41) is 3.54. The van der Waals surface area contributed by atoms with Gasteiger partial charge in [0.1, 0.15) is 5.75 Å². The number of nitrogens with one attached hydrogen (secondary N) is 1. The molecule has 4 nitrogen and oxygen atoms in total. The van der Waals surface area contributed by atoms with Crippen LogP contribution in [0, 0.1) is 0 Å². The number of carbonyl (C=O) groups is 2. The molecule has 0 atom stereocenters. The fourth-order valence-corrected chi connectivity index (χ4v) is 2.23. The van der Waals surface area contributed by atoms with Gasteiger partial charge in [-0.05, 0) is 55.3 Å². The van der Waals surface area contributed by atoms with Crippen LogP contribution >= 0.6 is 11.6 Å². The molecule has 1 amide bonds. The lowest BCUT2D eigenvalue weighted by molar-refractivity contribution is -0.121. The van der Waals surface area contributed by atoms with Gasteiger partial charge in [0.05, 0.1) is 6.61 Å². The average Bonchev–Trinajstić information content (AvgIpc) is 2.58. The number of ketones is 1. The van der Waals surface area contributed by atoms with Gasteiger partial charge < -0.3 is 10.1 Å². The van der Waals surface area contributed by atoms with Crippen molar-refractivity contribution in [2.24, 2.45) is 0 Å². The normalized spacial score (nSPS) is 10.2. The van der Waals surface area contributed by atoms with Gasteiger partial charge in [-0.2, -0.15) is 0 Å². The van der Waals surface area contributed by atoms with E-state index in [1.54, 1.807) is 36.4 Å². The van der Waals surface area contributed by atoms with Crippen molar-refractivity contribution in [3.63, 3.8) is 0 Å². The van der Waals surface area contributed by atoms with Crippen LogP contribution in [0.5, 0.6) is 5.75 Å². The lowest BCUT2D eigenvalue weighted by Gasteiger charge is -2.08. The Balaban J connectivity index is 1.63. The lowest BCUT2D eigenvalue weighted by atomic mass is 10.1. The van der Waals surface area contributed by atoms with Crippen molar-refractivity contribution in [1.29, 1.82) is 0 Å². The van der Waals surface area contributed by atoms with Crippen LogP contribution in [0.1, 0.15) is 35.7 Å². The lowest BCUT2D eigenvalue weighted by Crippen LogP contribution is -2.22. The van der Waals surface area contributed by atoms with Gasteiger partial charge in [-0.15, -0.1) is 0 Å². The number of Topliss-reactive ketones (excluding diaryl/α,β-unsaturated/α-hetero) is 1. The first kappa shape index (κ1) is 18.0. The summed E-state index contributed by atoms with van der Waals surface area (Å²) in [5.41, 5.74) is 1.67. The van der Waals surface area contributed by atoms with E-state index in [1.807, 2.05) is 12.1 Å². The molecule has 0 saturated heterocycles. The standard InChI is InChI=1S/C19H20ClNO3/c1-14(22)16-6-10-18(11-7-16)24-12-2-3-19(23)21-13-15-4-8-17(20)9-5-15/h4-11H,2-3,12-13H2,1H3,(H,21,23). The predicted molar refractivity (Wildman–Crippen MR) is 94.5 cm³/mol. The minimum absolute atomic E-state index is 0.0134. The SMILES string of the molecule is CC(=O)c1ccc(OCCCC(=O)NCc2ccc(Cl)cc2)cc1. The predicted octanol–water partition coefficient (Wildman–Crippen LogP) is 4.02. The van der Waals surface area contributed by atoms with E-state index in [0.29, 0.717) is 42.3 Å². The van der Waals surface area contributed by atoms with E-state index in [1.165, 1.54) is 6.92 Å². The molecule has 0 aromatic heterocycles. The Hall–Kier alpha value is -2.33. The summed E-state index contributed by atoms with van der Waals surface area (Å²) >= 11 is 5.82. The van der Waals surface area contributed by atoms with E-state index >= 15 is 0 Å². The third-order valence-corrected chi connectivity index (χ3v) is 3.73. The monoisotopic (exact) mass is 345 g/mol. The molecule has 0 fully saturated rings. The van der Waals surface area contributed by atoms with Crippen LogP contribution in [0.25, 0.3) is 0 Å². The summed E-state index contributed by atoms with van der Waals surface area (Å²) < 4.78 is 5.56. The van der Waals surface area contributed by atoms with Gasteiger partial charge >= 0.3 is 0 Å². The van der Waals surface area contributed by atoms with Crippen molar-refractivity contribution in [3.05, 3.63) is 64.7 Å². The first-order valence-electron chi connectivity index (χ1n) is 7.79. The van der Waals surface area contributed by atoms with Gasteiger partial charge in [-0.3, -0.25) is 9.59 Å². The summed E-state index contributed by atoms with van der Waals surface area (Å²) in [6, 6.07) is 14.4. The van der Waals surface area contributed by atoms with Crippen molar-refractivity contribution in [3.8, 4) is 5.75 Å². The minimum atomic E-state index is -0.0134. The van der Waals surface area contributed by atoms with E-state index in [9.17, 15) is 9.59 Å². The molecule has 0 spiro atoms. The molecule has 0 aliphatic heterocycles. The summed E-state index contributed by atoms with van der Waals surface area (Å²) in [6.45, 7) is 2.47. The Morgan fingerprint density at radius 2 is 1.71 bits per heavy atom. The maximum absolute atomic E-state index is 11.8. The molecule has 0 unspecified atom stereocenters. The number of benzene rings is 2. The zero-order chi connectivity index (χ0) is 17.4. The number of hydrogen-bond acceptors (Lipinski definition) is 3. The van der Waals surface area contributed by atoms with Crippen LogP contribution in [0.4, 0.5) is 0 Å². The number of amides is 1. The highest BCUT2D eigenvalue weighted by Crippen LogP contribution is 2.13. The molecular formula is C19H20ClNO3. The Kier molecular flexibility index (Phi) is 6.82. The number of halogens is 1.